The van der Waals surface area contributed by atoms with Crippen LogP contribution in [-0.2, 0) is 9.53 Å². The highest BCUT2D eigenvalue weighted by atomic mass is 16.5. The molecule has 0 aromatic heterocycles. The summed E-state index contributed by atoms with van der Waals surface area (Å²) in [5.74, 6) is 0.720. The monoisotopic (exact) mass is 254 g/mol. The molecule has 4 heteroatoms. The van der Waals surface area contributed by atoms with E-state index in [4.69, 9.17) is 4.74 Å². The fraction of sp³-hybridized carbons (Fsp3) is 0.929. The van der Waals surface area contributed by atoms with Crippen LogP contribution in [0.5, 0.6) is 0 Å². The van der Waals surface area contributed by atoms with Crippen LogP contribution in [0, 0.1) is 5.92 Å². The number of nitrogens with zero attached hydrogens (tertiary/aromatic N) is 1. The Hall–Kier alpha value is -0.610. The molecule has 0 aromatic carbocycles. The van der Waals surface area contributed by atoms with Crippen LogP contribution in [0.3, 0.4) is 0 Å². The van der Waals surface area contributed by atoms with Crippen LogP contribution in [-0.4, -0.2) is 41.8 Å². The zero-order chi connectivity index (χ0) is 13.3. The molecule has 1 heterocycles. The van der Waals surface area contributed by atoms with Crippen molar-refractivity contribution in [2.75, 3.05) is 13.2 Å². The lowest BCUT2D eigenvalue weighted by atomic mass is 10.0. The van der Waals surface area contributed by atoms with Crippen molar-refractivity contribution in [3.05, 3.63) is 0 Å². The van der Waals surface area contributed by atoms with Crippen LogP contribution in [0.25, 0.3) is 0 Å². The summed E-state index contributed by atoms with van der Waals surface area (Å²) in [5, 5.41) is 3.52. The smallest absolute Gasteiger partial charge is 0.244 e. The molecular formula is C14H26N2O2. The molecule has 1 aliphatic carbocycles. The molecule has 1 aliphatic heterocycles. The second-order valence-corrected chi connectivity index (χ2v) is 5.83. The first kappa shape index (κ1) is 13.8. The molecular weight excluding hydrogens is 228 g/mol. The standard InChI is InChI=1S/C14H26N2O2/c1-5-12-15-14(7-8-14)13(17)16(12)11(10(3)4)9-18-6-2/h10-12,15H,5-9H2,1-4H3. The van der Waals surface area contributed by atoms with Gasteiger partial charge in [-0.3, -0.25) is 10.1 Å². The van der Waals surface area contributed by atoms with E-state index in [2.05, 4.69) is 31.0 Å². The van der Waals surface area contributed by atoms with Gasteiger partial charge in [-0.1, -0.05) is 20.8 Å². The summed E-state index contributed by atoms with van der Waals surface area (Å²) in [5.41, 5.74) is -0.208. The molecule has 1 spiro atoms. The van der Waals surface area contributed by atoms with Crippen LogP contribution in [0.1, 0.15) is 47.0 Å². The number of rotatable bonds is 6. The molecule has 2 rings (SSSR count). The first-order valence-corrected chi connectivity index (χ1v) is 7.24. The van der Waals surface area contributed by atoms with Crippen LogP contribution >= 0.6 is 0 Å². The second-order valence-electron chi connectivity index (χ2n) is 5.83. The van der Waals surface area contributed by atoms with E-state index in [1.54, 1.807) is 0 Å². The Bertz CT molecular complexity index is 313. The minimum atomic E-state index is -0.208. The van der Waals surface area contributed by atoms with Gasteiger partial charge in [0.05, 0.1) is 24.4 Å². The van der Waals surface area contributed by atoms with E-state index in [0.29, 0.717) is 25.0 Å². The third kappa shape index (κ3) is 2.28. The maximum Gasteiger partial charge on any atom is 0.244 e. The quantitative estimate of drug-likeness (QED) is 0.785. The molecule has 1 saturated heterocycles. The maximum atomic E-state index is 12.6. The van der Waals surface area contributed by atoms with Crippen molar-refractivity contribution in [1.82, 2.24) is 10.2 Å². The van der Waals surface area contributed by atoms with Gasteiger partial charge in [-0.05, 0) is 32.1 Å². The molecule has 0 bridgehead atoms. The molecule has 2 atom stereocenters. The van der Waals surface area contributed by atoms with Crippen molar-refractivity contribution >= 4 is 5.91 Å². The Balaban J connectivity index is 2.14. The van der Waals surface area contributed by atoms with Crippen molar-refractivity contribution in [2.24, 2.45) is 5.92 Å². The van der Waals surface area contributed by atoms with E-state index >= 15 is 0 Å². The summed E-state index contributed by atoms with van der Waals surface area (Å²) in [6.45, 7) is 9.83. The predicted molar refractivity (Wildman–Crippen MR) is 71.1 cm³/mol. The molecule has 18 heavy (non-hydrogen) atoms. The number of carbonyl (C=O) groups is 1. The lowest BCUT2D eigenvalue weighted by molar-refractivity contribution is -0.135. The number of hydrogen-bond donors (Lipinski definition) is 1. The molecule has 4 nitrogen and oxygen atoms in total. The summed E-state index contributed by atoms with van der Waals surface area (Å²) >= 11 is 0. The van der Waals surface area contributed by atoms with Gasteiger partial charge in [0.2, 0.25) is 5.91 Å². The summed E-state index contributed by atoms with van der Waals surface area (Å²) in [7, 11) is 0. The average molecular weight is 254 g/mol. The van der Waals surface area contributed by atoms with Crippen molar-refractivity contribution in [3.8, 4) is 0 Å². The Morgan fingerprint density at radius 1 is 1.44 bits per heavy atom. The van der Waals surface area contributed by atoms with E-state index in [1.165, 1.54) is 0 Å². The van der Waals surface area contributed by atoms with Crippen molar-refractivity contribution in [2.45, 2.75) is 64.7 Å². The zero-order valence-corrected chi connectivity index (χ0v) is 12.0. The molecule has 2 aliphatic rings. The first-order chi connectivity index (χ1) is 8.55. The molecule has 1 saturated carbocycles. The molecule has 0 radical (unpaired) electrons. The van der Waals surface area contributed by atoms with E-state index in [-0.39, 0.29) is 17.7 Å². The van der Waals surface area contributed by atoms with Gasteiger partial charge < -0.3 is 9.64 Å². The number of hydrogen-bond acceptors (Lipinski definition) is 3. The third-order valence-electron chi connectivity index (χ3n) is 4.18. The largest absolute Gasteiger partial charge is 0.380 e. The van der Waals surface area contributed by atoms with Gasteiger partial charge in [0.25, 0.3) is 0 Å². The average Bonchev–Trinajstić information content (AvgIpc) is 3.06. The Morgan fingerprint density at radius 2 is 2.11 bits per heavy atom. The summed E-state index contributed by atoms with van der Waals surface area (Å²) < 4.78 is 5.58. The molecule has 2 unspecified atom stereocenters. The normalized spacial score (nSPS) is 27.3. The van der Waals surface area contributed by atoms with Crippen molar-refractivity contribution in [3.63, 3.8) is 0 Å². The molecule has 104 valence electrons. The van der Waals surface area contributed by atoms with Crippen LogP contribution < -0.4 is 5.32 Å². The SMILES string of the molecule is CCOCC(C(C)C)N1C(=O)C2(CC2)NC1CC. The van der Waals surface area contributed by atoms with E-state index < -0.39 is 0 Å². The Morgan fingerprint density at radius 3 is 2.56 bits per heavy atom. The summed E-state index contributed by atoms with van der Waals surface area (Å²) in [6.07, 6.45) is 3.15. The van der Waals surface area contributed by atoms with Gasteiger partial charge in [-0.25, -0.2) is 0 Å². The molecule has 0 aromatic rings. The van der Waals surface area contributed by atoms with Gasteiger partial charge in [0, 0.05) is 6.61 Å². The van der Waals surface area contributed by atoms with Gasteiger partial charge in [-0.15, -0.1) is 0 Å². The highest BCUT2D eigenvalue weighted by molar-refractivity contribution is 5.92. The van der Waals surface area contributed by atoms with Gasteiger partial charge >= 0.3 is 0 Å². The highest BCUT2D eigenvalue weighted by Crippen LogP contribution is 2.43. The lowest BCUT2D eigenvalue weighted by Crippen LogP contribution is -2.49. The highest BCUT2D eigenvalue weighted by Gasteiger charge is 2.60. The zero-order valence-electron chi connectivity index (χ0n) is 12.0. The Labute approximate surface area is 110 Å². The van der Waals surface area contributed by atoms with E-state index in [1.807, 2.05) is 6.92 Å². The minimum Gasteiger partial charge on any atom is -0.380 e. The fourth-order valence-corrected chi connectivity index (χ4v) is 2.84. The third-order valence-corrected chi connectivity index (χ3v) is 4.18. The van der Waals surface area contributed by atoms with Gasteiger partial charge in [0.1, 0.15) is 0 Å². The van der Waals surface area contributed by atoms with E-state index in [0.717, 1.165) is 19.3 Å². The summed E-state index contributed by atoms with van der Waals surface area (Å²) in [6, 6.07) is 0.190. The number of nitrogens with one attached hydrogen (secondary N) is 1. The number of ether oxygens (including phenoxy) is 1. The number of carbonyl (C=O) groups excluding carboxylic acids is 1. The van der Waals surface area contributed by atoms with E-state index in [9.17, 15) is 4.79 Å². The first-order valence-electron chi connectivity index (χ1n) is 7.24. The molecule has 2 fully saturated rings. The van der Waals surface area contributed by atoms with Crippen molar-refractivity contribution < 1.29 is 9.53 Å². The lowest BCUT2D eigenvalue weighted by Gasteiger charge is -2.34. The second kappa shape index (κ2) is 5.17. The fourth-order valence-electron chi connectivity index (χ4n) is 2.84. The topological polar surface area (TPSA) is 41.6 Å². The van der Waals surface area contributed by atoms with Crippen LogP contribution in [0.4, 0.5) is 0 Å². The Kier molecular flexibility index (Phi) is 3.97. The summed E-state index contributed by atoms with van der Waals surface area (Å²) in [4.78, 5) is 14.6. The van der Waals surface area contributed by atoms with Crippen LogP contribution in [0.2, 0.25) is 0 Å². The van der Waals surface area contributed by atoms with Gasteiger partial charge in [0.15, 0.2) is 0 Å². The van der Waals surface area contributed by atoms with Crippen LogP contribution in [0.15, 0.2) is 0 Å². The minimum absolute atomic E-state index is 0.188. The predicted octanol–water partition coefficient (Wildman–Crippen LogP) is 1.75. The number of amides is 1. The van der Waals surface area contributed by atoms with Crippen molar-refractivity contribution in [1.29, 1.82) is 0 Å². The maximum absolute atomic E-state index is 12.6. The van der Waals surface area contributed by atoms with Gasteiger partial charge in [-0.2, -0.15) is 0 Å². The molecule has 1 N–H and O–H groups in total. The molecule has 1 amide bonds.